The lowest BCUT2D eigenvalue weighted by molar-refractivity contribution is -0.125. The number of hydrogen-bond donors (Lipinski definition) is 0. The van der Waals surface area contributed by atoms with Gasteiger partial charge in [-0.1, -0.05) is 6.08 Å². The van der Waals surface area contributed by atoms with Gasteiger partial charge in [-0.3, -0.25) is 4.79 Å². The Kier molecular flexibility index (Phi) is 2.62. The Labute approximate surface area is 89.7 Å². The quantitative estimate of drug-likeness (QED) is 0.685. The number of rotatable bonds is 2. The Balaban J connectivity index is 2.32. The van der Waals surface area contributed by atoms with Crippen LogP contribution in [0.15, 0.2) is 35.1 Å². The first kappa shape index (κ1) is 10.0. The molecule has 0 bridgehead atoms. The summed E-state index contributed by atoms with van der Waals surface area (Å²) in [5, 5.41) is 0. The van der Waals surface area contributed by atoms with Crippen molar-refractivity contribution in [3.8, 4) is 0 Å². The summed E-state index contributed by atoms with van der Waals surface area (Å²) in [5.74, 6) is 0.886. The first-order valence-corrected chi connectivity index (χ1v) is 5.19. The van der Waals surface area contributed by atoms with Gasteiger partial charge >= 0.3 is 0 Å². The number of hydrogen-bond acceptors (Lipinski definition) is 2. The average molecular weight is 205 g/mol. The van der Waals surface area contributed by atoms with Crippen LogP contribution in [0.3, 0.4) is 0 Å². The first-order valence-electron chi connectivity index (χ1n) is 5.19. The van der Waals surface area contributed by atoms with Gasteiger partial charge < -0.3 is 9.64 Å². The molecule has 1 heterocycles. The smallest absolute Gasteiger partial charge is 0.254 e. The largest absolute Gasteiger partial charge is 0.497 e. The van der Waals surface area contributed by atoms with Crippen LogP contribution in [0.5, 0.6) is 0 Å². The fraction of sp³-hybridized carbons (Fsp3) is 0.417. The maximum atomic E-state index is 11.9. The fourth-order valence-corrected chi connectivity index (χ4v) is 1.94. The number of allylic oxidation sites excluding steroid dienone is 2. The van der Waals surface area contributed by atoms with Crippen LogP contribution < -0.4 is 0 Å². The Morgan fingerprint density at radius 1 is 1.53 bits per heavy atom. The third-order valence-corrected chi connectivity index (χ3v) is 2.83. The average Bonchev–Trinajstić information content (AvgIpc) is 2.46. The van der Waals surface area contributed by atoms with Crippen LogP contribution in [0, 0.1) is 0 Å². The van der Waals surface area contributed by atoms with Gasteiger partial charge in [-0.2, -0.15) is 0 Å². The molecule has 0 fully saturated rings. The second-order valence-corrected chi connectivity index (χ2v) is 3.69. The van der Waals surface area contributed by atoms with Crippen molar-refractivity contribution in [1.82, 2.24) is 4.90 Å². The molecule has 80 valence electrons. The highest BCUT2D eigenvalue weighted by atomic mass is 16.5. The lowest BCUT2D eigenvalue weighted by atomic mass is 10.1. The highest BCUT2D eigenvalue weighted by Crippen LogP contribution is 2.26. The van der Waals surface area contributed by atoms with Crippen molar-refractivity contribution >= 4 is 5.91 Å². The van der Waals surface area contributed by atoms with Crippen LogP contribution >= 0.6 is 0 Å². The van der Waals surface area contributed by atoms with Crippen molar-refractivity contribution in [3.63, 3.8) is 0 Å². The predicted octanol–water partition coefficient (Wildman–Crippen LogP) is 1.64. The molecule has 1 aliphatic carbocycles. The molecular weight excluding hydrogens is 190 g/mol. The minimum Gasteiger partial charge on any atom is -0.497 e. The van der Waals surface area contributed by atoms with Crippen molar-refractivity contribution in [2.24, 2.45) is 0 Å². The lowest BCUT2D eigenvalue weighted by Gasteiger charge is -2.13. The molecule has 0 aromatic heterocycles. The molecule has 0 unspecified atom stereocenters. The Morgan fingerprint density at radius 3 is 3.00 bits per heavy atom. The molecule has 0 atom stereocenters. The minimum atomic E-state index is 0.130. The molecular formula is C12H15NO2. The van der Waals surface area contributed by atoms with Gasteiger partial charge in [0.2, 0.25) is 0 Å². The summed E-state index contributed by atoms with van der Waals surface area (Å²) >= 11 is 0. The van der Waals surface area contributed by atoms with Gasteiger partial charge in [0.05, 0.1) is 7.11 Å². The van der Waals surface area contributed by atoms with E-state index in [0.717, 1.165) is 30.8 Å². The fourth-order valence-electron chi connectivity index (χ4n) is 1.94. The number of carbonyl (C=O) groups is 1. The second kappa shape index (κ2) is 3.93. The van der Waals surface area contributed by atoms with Crippen LogP contribution in [0.4, 0.5) is 0 Å². The van der Waals surface area contributed by atoms with Gasteiger partial charge in [-0.15, -0.1) is 0 Å². The van der Waals surface area contributed by atoms with E-state index in [4.69, 9.17) is 4.74 Å². The molecule has 0 saturated carbocycles. The van der Waals surface area contributed by atoms with Crippen LogP contribution in [0.2, 0.25) is 0 Å². The van der Waals surface area contributed by atoms with Gasteiger partial charge in [-0.25, -0.2) is 0 Å². The molecule has 1 aliphatic heterocycles. The number of likely N-dealkylation sites (N-methyl/N-ethyl adjacent to an activating group) is 1. The van der Waals surface area contributed by atoms with Gasteiger partial charge in [0.25, 0.3) is 5.91 Å². The lowest BCUT2D eigenvalue weighted by Crippen LogP contribution is -2.26. The molecule has 0 aromatic rings. The van der Waals surface area contributed by atoms with Crippen molar-refractivity contribution in [2.45, 2.75) is 13.3 Å². The molecule has 0 aromatic carbocycles. The Bertz CT molecular complexity index is 377. The molecule has 0 saturated heterocycles. The monoisotopic (exact) mass is 205 g/mol. The van der Waals surface area contributed by atoms with E-state index in [1.807, 2.05) is 30.1 Å². The van der Waals surface area contributed by atoms with E-state index < -0.39 is 0 Å². The van der Waals surface area contributed by atoms with E-state index in [1.165, 1.54) is 5.57 Å². The van der Waals surface area contributed by atoms with E-state index in [1.54, 1.807) is 7.11 Å². The summed E-state index contributed by atoms with van der Waals surface area (Å²) in [4.78, 5) is 13.8. The maximum absolute atomic E-state index is 11.9. The molecule has 1 amide bonds. The normalized spacial score (nSPS) is 20.3. The van der Waals surface area contributed by atoms with Gasteiger partial charge in [0.1, 0.15) is 5.76 Å². The van der Waals surface area contributed by atoms with Crippen molar-refractivity contribution < 1.29 is 9.53 Å². The van der Waals surface area contributed by atoms with Crippen molar-refractivity contribution in [2.75, 3.05) is 20.2 Å². The Morgan fingerprint density at radius 2 is 2.33 bits per heavy atom. The molecule has 0 N–H and O–H groups in total. The molecule has 0 radical (unpaired) electrons. The number of methoxy groups -OCH3 is 1. The summed E-state index contributed by atoms with van der Waals surface area (Å²) in [5.41, 5.74) is 2.02. The molecule has 3 nitrogen and oxygen atoms in total. The van der Waals surface area contributed by atoms with Gasteiger partial charge in [0.15, 0.2) is 0 Å². The zero-order valence-corrected chi connectivity index (χ0v) is 9.12. The SMILES string of the molecule is CCN1CC2=C(C=C(OC)C=CC2)C1=O. The van der Waals surface area contributed by atoms with E-state index in [2.05, 4.69) is 0 Å². The Hall–Kier alpha value is -1.51. The second-order valence-electron chi connectivity index (χ2n) is 3.69. The molecule has 2 rings (SSSR count). The first-order chi connectivity index (χ1) is 7.26. The molecule has 3 heteroatoms. The van der Waals surface area contributed by atoms with E-state index in [-0.39, 0.29) is 5.91 Å². The maximum Gasteiger partial charge on any atom is 0.254 e. The predicted molar refractivity (Wildman–Crippen MR) is 58.1 cm³/mol. The summed E-state index contributed by atoms with van der Waals surface area (Å²) in [7, 11) is 1.62. The van der Waals surface area contributed by atoms with Gasteiger partial charge in [-0.05, 0) is 31.1 Å². The minimum absolute atomic E-state index is 0.130. The summed E-state index contributed by atoms with van der Waals surface area (Å²) in [6.45, 7) is 3.54. The number of amides is 1. The molecule has 15 heavy (non-hydrogen) atoms. The van der Waals surface area contributed by atoms with Crippen LogP contribution in [-0.2, 0) is 9.53 Å². The van der Waals surface area contributed by atoms with Gasteiger partial charge in [0, 0.05) is 18.7 Å². The molecule has 2 aliphatic rings. The highest BCUT2D eigenvalue weighted by molar-refractivity contribution is 6.00. The third-order valence-electron chi connectivity index (χ3n) is 2.83. The zero-order chi connectivity index (χ0) is 10.8. The number of carbonyl (C=O) groups excluding carboxylic acids is 1. The van der Waals surface area contributed by atoms with Crippen molar-refractivity contribution in [3.05, 3.63) is 35.1 Å². The van der Waals surface area contributed by atoms with Crippen LogP contribution in [-0.4, -0.2) is 31.0 Å². The number of nitrogens with zero attached hydrogens (tertiary/aromatic N) is 1. The van der Waals surface area contributed by atoms with Crippen molar-refractivity contribution in [1.29, 1.82) is 0 Å². The topological polar surface area (TPSA) is 29.5 Å². The molecule has 0 spiro atoms. The van der Waals surface area contributed by atoms with E-state index >= 15 is 0 Å². The van der Waals surface area contributed by atoms with E-state index in [9.17, 15) is 4.79 Å². The summed E-state index contributed by atoms with van der Waals surface area (Å²) < 4.78 is 5.17. The standard InChI is InChI=1S/C12H15NO2/c1-3-13-8-9-5-4-6-10(15-2)7-11(9)12(13)14/h4,6-7H,3,5,8H2,1-2H3. The summed E-state index contributed by atoms with van der Waals surface area (Å²) in [6, 6.07) is 0. The third kappa shape index (κ3) is 1.69. The number of ether oxygens (including phenoxy) is 1. The zero-order valence-electron chi connectivity index (χ0n) is 9.12. The van der Waals surface area contributed by atoms with Crippen LogP contribution in [0.1, 0.15) is 13.3 Å². The van der Waals surface area contributed by atoms with Crippen LogP contribution in [0.25, 0.3) is 0 Å². The summed E-state index contributed by atoms with van der Waals surface area (Å²) in [6.07, 6.45) is 6.66. The van der Waals surface area contributed by atoms with E-state index in [0.29, 0.717) is 0 Å². The highest BCUT2D eigenvalue weighted by Gasteiger charge is 2.28.